The minimum atomic E-state index is -0.190. The SMILES string of the molecule is Cc1ccc(NC(=O)C2=Cc3cc(Cl)ccc3OC=C2)c(C)c1. The molecule has 3 nitrogen and oxygen atoms in total. The highest BCUT2D eigenvalue weighted by Crippen LogP contribution is 2.28. The second-order valence-corrected chi connectivity index (χ2v) is 5.91. The Morgan fingerprint density at radius 1 is 1.13 bits per heavy atom. The predicted octanol–water partition coefficient (Wildman–Crippen LogP) is 4.89. The first-order valence-corrected chi connectivity index (χ1v) is 7.64. The summed E-state index contributed by atoms with van der Waals surface area (Å²) in [6.45, 7) is 3.99. The van der Waals surface area contributed by atoms with Crippen molar-refractivity contribution in [3.05, 3.63) is 76.0 Å². The molecule has 116 valence electrons. The quantitative estimate of drug-likeness (QED) is 0.854. The van der Waals surface area contributed by atoms with E-state index in [1.54, 1.807) is 30.4 Å². The van der Waals surface area contributed by atoms with Crippen molar-refractivity contribution in [3.63, 3.8) is 0 Å². The Kier molecular flexibility index (Phi) is 4.22. The van der Waals surface area contributed by atoms with E-state index in [0.717, 1.165) is 22.4 Å². The fourth-order valence-electron chi connectivity index (χ4n) is 2.43. The Bertz CT molecular complexity index is 837. The number of aryl methyl sites for hydroxylation is 2. The van der Waals surface area contributed by atoms with Gasteiger partial charge in [-0.1, -0.05) is 29.3 Å². The van der Waals surface area contributed by atoms with Crippen molar-refractivity contribution < 1.29 is 9.53 Å². The van der Waals surface area contributed by atoms with E-state index in [1.807, 2.05) is 32.0 Å². The summed E-state index contributed by atoms with van der Waals surface area (Å²) in [5.41, 5.74) is 4.26. The number of benzene rings is 2. The van der Waals surface area contributed by atoms with Crippen LogP contribution in [0.15, 0.2) is 54.3 Å². The summed E-state index contributed by atoms with van der Waals surface area (Å²) in [6, 6.07) is 11.2. The lowest BCUT2D eigenvalue weighted by Gasteiger charge is -2.09. The Morgan fingerprint density at radius 2 is 1.96 bits per heavy atom. The summed E-state index contributed by atoms with van der Waals surface area (Å²) in [5, 5.41) is 3.53. The standard InChI is InChI=1S/C19H16ClNO2/c1-12-3-5-17(13(2)9-12)21-19(22)14-7-8-23-18-6-4-16(20)11-15(18)10-14/h3-11H,1-2H3,(H,21,22). The fourth-order valence-corrected chi connectivity index (χ4v) is 2.61. The number of anilines is 1. The molecule has 0 unspecified atom stereocenters. The van der Waals surface area contributed by atoms with E-state index in [4.69, 9.17) is 16.3 Å². The van der Waals surface area contributed by atoms with Crippen LogP contribution in [0.25, 0.3) is 6.08 Å². The zero-order chi connectivity index (χ0) is 16.4. The minimum Gasteiger partial charge on any atom is -0.464 e. The summed E-state index contributed by atoms with van der Waals surface area (Å²) in [6.07, 6.45) is 4.92. The van der Waals surface area contributed by atoms with Crippen LogP contribution in [0.1, 0.15) is 16.7 Å². The smallest absolute Gasteiger partial charge is 0.255 e. The van der Waals surface area contributed by atoms with E-state index in [0.29, 0.717) is 16.3 Å². The monoisotopic (exact) mass is 325 g/mol. The zero-order valence-corrected chi connectivity index (χ0v) is 13.6. The topological polar surface area (TPSA) is 38.3 Å². The van der Waals surface area contributed by atoms with Gasteiger partial charge in [0.25, 0.3) is 5.91 Å². The van der Waals surface area contributed by atoms with E-state index in [1.165, 1.54) is 6.26 Å². The molecule has 0 bridgehead atoms. The minimum absolute atomic E-state index is 0.190. The number of nitrogens with one attached hydrogen (secondary N) is 1. The third-order valence-electron chi connectivity index (χ3n) is 3.62. The first-order valence-electron chi connectivity index (χ1n) is 7.26. The van der Waals surface area contributed by atoms with Crippen LogP contribution in [0, 0.1) is 13.8 Å². The molecule has 2 aromatic carbocycles. The normalized spacial score (nSPS) is 12.7. The van der Waals surface area contributed by atoms with Crippen molar-refractivity contribution in [1.29, 1.82) is 0 Å². The van der Waals surface area contributed by atoms with E-state index in [-0.39, 0.29) is 5.91 Å². The molecule has 0 saturated heterocycles. The van der Waals surface area contributed by atoms with Crippen molar-refractivity contribution in [2.24, 2.45) is 0 Å². The van der Waals surface area contributed by atoms with Crippen LogP contribution in [0.4, 0.5) is 5.69 Å². The van der Waals surface area contributed by atoms with Gasteiger partial charge in [-0.3, -0.25) is 4.79 Å². The maximum absolute atomic E-state index is 12.5. The molecular weight excluding hydrogens is 310 g/mol. The molecule has 0 fully saturated rings. The van der Waals surface area contributed by atoms with Crippen LogP contribution in [0.5, 0.6) is 5.75 Å². The van der Waals surface area contributed by atoms with E-state index in [9.17, 15) is 4.79 Å². The maximum atomic E-state index is 12.5. The summed E-state index contributed by atoms with van der Waals surface area (Å²) in [7, 11) is 0. The highest BCUT2D eigenvalue weighted by molar-refractivity contribution is 6.30. The number of fused-ring (bicyclic) bond motifs is 1. The van der Waals surface area contributed by atoms with E-state index >= 15 is 0 Å². The molecule has 1 N–H and O–H groups in total. The number of hydrogen-bond acceptors (Lipinski definition) is 2. The average Bonchev–Trinajstić information content (AvgIpc) is 2.71. The van der Waals surface area contributed by atoms with Gasteiger partial charge in [-0.2, -0.15) is 0 Å². The Hall–Kier alpha value is -2.52. The number of amides is 1. The highest BCUT2D eigenvalue weighted by atomic mass is 35.5. The Balaban J connectivity index is 1.89. The Morgan fingerprint density at radius 3 is 2.74 bits per heavy atom. The van der Waals surface area contributed by atoms with Crippen LogP contribution in [0.2, 0.25) is 5.02 Å². The molecule has 23 heavy (non-hydrogen) atoms. The van der Waals surface area contributed by atoms with Crippen molar-refractivity contribution in [3.8, 4) is 5.75 Å². The van der Waals surface area contributed by atoms with Crippen molar-refractivity contribution in [1.82, 2.24) is 0 Å². The molecule has 0 aromatic heterocycles. The van der Waals surface area contributed by atoms with Crippen LogP contribution < -0.4 is 10.1 Å². The lowest BCUT2D eigenvalue weighted by Crippen LogP contribution is -2.14. The first kappa shape index (κ1) is 15.4. The molecule has 1 amide bonds. The largest absolute Gasteiger partial charge is 0.464 e. The number of ether oxygens (including phenoxy) is 1. The van der Waals surface area contributed by atoms with Gasteiger partial charge in [0.2, 0.25) is 0 Å². The van der Waals surface area contributed by atoms with Gasteiger partial charge >= 0.3 is 0 Å². The molecule has 0 atom stereocenters. The number of carbonyl (C=O) groups excluding carboxylic acids is 1. The van der Waals surface area contributed by atoms with Gasteiger partial charge in [-0.25, -0.2) is 0 Å². The summed E-state index contributed by atoms with van der Waals surface area (Å²) in [4.78, 5) is 12.5. The molecular formula is C19H16ClNO2. The number of halogens is 1. The third-order valence-corrected chi connectivity index (χ3v) is 3.85. The molecule has 3 rings (SSSR count). The first-order chi connectivity index (χ1) is 11.0. The zero-order valence-electron chi connectivity index (χ0n) is 12.9. The molecule has 0 spiro atoms. The molecule has 4 heteroatoms. The summed E-state index contributed by atoms with van der Waals surface area (Å²) >= 11 is 6.02. The molecule has 0 aliphatic carbocycles. The maximum Gasteiger partial charge on any atom is 0.255 e. The predicted molar refractivity (Wildman–Crippen MR) is 93.7 cm³/mol. The van der Waals surface area contributed by atoms with Gasteiger partial charge < -0.3 is 10.1 Å². The molecule has 2 aromatic rings. The second kappa shape index (κ2) is 6.31. The molecule has 1 aliphatic heterocycles. The van der Waals surface area contributed by atoms with Gasteiger partial charge in [0.05, 0.1) is 6.26 Å². The molecule has 0 radical (unpaired) electrons. The number of carbonyl (C=O) groups is 1. The van der Waals surface area contributed by atoms with Crippen molar-refractivity contribution in [2.75, 3.05) is 5.32 Å². The van der Waals surface area contributed by atoms with Crippen LogP contribution >= 0.6 is 11.6 Å². The molecule has 1 heterocycles. The van der Waals surface area contributed by atoms with Gasteiger partial charge in [0, 0.05) is 21.8 Å². The van der Waals surface area contributed by atoms with Crippen molar-refractivity contribution in [2.45, 2.75) is 13.8 Å². The van der Waals surface area contributed by atoms with Gasteiger partial charge in [0.1, 0.15) is 5.75 Å². The lowest BCUT2D eigenvalue weighted by molar-refractivity contribution is -0.112. The molecule has 1 aliphatic rings. The average molecular weight is 326 g/mol. The number of hydrogen-bond donors (Lipinski definition) is 1. The Labute approximate surface area is 140 Å². The third kappa shape index (κ3) is 3.46. The number of rotatable bonds is 2. The van der Waals surface area contributed by atoms with E-state index in [2.05, 4.69) is 5.32 Å². The van der Waals surface area contributed by atoms with Crippen LogP contribution in [0.3, 0.4) is 0 Å². The van der Waals surface area contributed by atoms with Crippen LogP contribution in [-0.2, 0) is 4.79 Å². The van der Waals surface area contributed by atoms with Gasteiger partial charge in [-0.05, 0) is 55.8 Å². The molecule has 0 saturated carbocycles. The fraction of sp³-hybridized carbons (Fsp3) is 0.105. The van der Waals surface area contributed by atoms with Crippen molar-refractivity contribution >= 4 is 29.3 Å². The van der Waals surface area contributed by atoms with Gasteiger partial charge in [0.15, 0.2) is 0 Å². The summed E-state index contributed by atoms with van der Waals surface area (Å²) < 4.78 is 5.50. The lowest BCUT2D eigenvalue weighted by atomic mass is 10.1. The van der Waals surface area contributed by atoms with Gasteiger partial charge in [-0.15, -0.1) is 0 Å². The highest BCUT2D eigenvalue weighted by Gasteiger charge is 2.13. The van der Waals surface area contributed by atoms with Crippen LogP contribution in [-0.4, -0.2) is 5.91 Å². The van der Waals surface area contributed by atoms with E-state index < -0.39 is 0 Å². The second-order valence-electron chi connectivity index (χ2n) is 5.47. The summed E-state index contributed by atoms with van der Waals surface area (Å²) in [5.74, 6) is 0.476.